The van der Waals surface area contributed by atoms with Gasteiger partial charge >= 0.3 is 0 Å². The molecule has 0 bridgehead atoms. The minimum atomic E-state index is -0.635. The number of aliphatic hydroxyl groups is 1. The van der Waals surface area contributed by atoms with Gasteiger partial charge in [0, 0.05) is 12.6 Å². The summed E-state index contributed by atoms with van der Waals surface area (Å²) in [5.74, 6) is 0.242. The molecule has 0 amide bonds. The number of hydrogen-bond donors (Lipinski definition) is 2. The fourth-order valence-corrected chi connectivity index (χ4v) is 2.94. The van der Waals surface area contributed by atoms with E-state index in [-0.39, 0.29) is 29.7 Å². The van der Waals surface area contributed by atoms with Gasteiger partial charge < -0.3 is 19.9 Å². The van der Waals surface area contributed by atoms with Crippen molar-refractivity contribution in [3.8, 4) is 5.75 Å². The summed E-state index contributed by atoms with van der Waals surface area (Å²) in [4.78, 5) is 0. The average molecular weight is 311 g/mol. The third-order valence-electron chi connectivity index (χ3n) is 3.93. The molecule has 22 heavy (non-hydrogen) atoms. The summed E-state index contributed by atoms with van der Waals surface area (Å²) in [7, 11) is 0. The molecule has 1 fully saturated rings. The van der Waals surface area contributed by atoms with Crippen molar-refractivity contribution in [1.82, 2.24) is 5.32 Å². The van der Waals surface area contributed by atoms with E-state index in [2.05, 4.69) is 33.0 Å². The minimum Gasteiger partial charge on any atom is -0.491 e. The summed E-state index contributed by atoms with van der Waals surface area (Å²) in [5, 5.41) is 13.4. The summed E-state index contributed by atoms with van der Waals surface area (Å²) < 4.78 is 24.2. The summed E-state index contributed by atoms with van der Waals surface area (Å²) in [6, 6.07) is 5.95. The second-order valence-corrected chi connectivity index (χ2v) is 7.05. The first-order chi connectivity index (χ1) is 10.2. The third-order valence-corrected chi connectivity index (χ3v) is 3.93. The first-order valence-corrected chi connectivity index (χ1v) is 7.68. The standard InChI is InChI=1S/C17H26FNO3/c1-16(2)9-15(17(3,4)22-16)19-10-13(20)11-21-14-7-5-12(18)6-8-14/h5-8,13,15,19-20H,9-11H2,1-4H3. The maximum Gasteiger partial charge on any atom is 0.123 e. The number of ether oxygens (including phenoxy) is 2. The number of hydrogen-bond acceptors (Lipinski definition) is 4. The van der Waals surface area contributed by atoms with E-state index in [0.717, 1.165) is 6.42 Å². The molecule has 1 aliphatic heterocycles. The number of benzene rings is 1. The van der Waals surface area contributed by atoms with Crippen molar-refractivity contribution in [2.75, 3.05) is 13.2 Å². The lowest BCUT2D eigenvalue weighted by Gasteiger charge is -2.28. The van der Waals surface area contributed by atoms with Gasteiger partial charge in [-0.3, -0.25) is 0 Å². The first kappa shape index (κ1) is 17.2. The topological polar surface area (TPSA) is 50.7 Å². The van der Waals surface area contributed by atoms with E-state index in [1.165, 1.54) is 12.1 Å². The lowest BCUT2D eigenvalue weighted by Crippen LogP contribution is -2.46. The highest BCUT2D eigenvalue weighted by molar-refractivity contribution is 5.22. The summed E-state index contributed by atoms with van der Waals surface area (Å²) >= 11 is 0. The molecule has 1 heterocycles. The highest BCUT2D eigenvalue weighted by atomic mass is 19.1. The van der Waals surface area contributed by atoms with Crippen LogP contribution in [0, 0.1) is 5.82 Å². The quantitative estimate of drug-likeness (QED) is 0.847. The Morgan fingerprint density at radius 1 is 1.32 bits per heavy atom. The average Bonchev–Trinajstić information content (AvgIpc) is 2.63. The molecule has 2 atom stereocenters. The van der Waals surface area contributed by atoms with Crippen LogP contribution in [0.1, 0.15) is 34.1 Å². The van der Waals surface area contributed by atoms with Crippen molar-refractivity contribution in [3.05, 3.63) is 30.1 Å². The molecule has 0 aliphatic carbocycles. The monoisotopic (exact) mass is 311 g/mol. The van der Waals surface area contributed by atoms with Crippen LogP contribution in [0.5, 0.6) is 5.75 Å². The smallest absolute Gasteiger partial charge is 0.123 e. The third kappa shape index (κ3) is 4.66. The van der Waals surface area contributed by atoms with Crippen molar-refractivity contribution in [1.29, 1.82) is 0 Å². The zero-order chi connectivity index (χ0) is 16.4. The Kier molecular flexibility index (Phi) is 5.10. The van der Waals surface area contributed by atoms with E-state index >= 15 is 0 Å². The predicted octanol–water partition coefficient (Wildman–Crippen LogP) is 2.50. The van der Waals surface area contributed by atoms with Crippen LogP contribution in [0.4, 0.5) is 4.39 Å². The van der Waals surface area contributed by atoms with Gasteiger partial charge in [-0.15, -0.1) is 0 Å². The molecule has 2 N–H and O–H groups in total. The molecule has 1 saturated heterocycles. The van der Waals surface area contributed by atoms with Gasteiger partial charge in [-0.1, -0.05) is 0 Å². The van der Waals surface area contributed by atoms with E-state index in [1.807, 2.05) is 0 Å². The van der Waals surface area contributed by atoms with Crippen LogP contribution in [0.3, 0.4) is 0 Å². The van der Waals surface area contributed by atoms with Crippen LogP contribution in [-0.4, -0.2) is 41.6 Å². The van der Waals surface area contributed by atoms with E-state index in [0.29, 0.717) is 12.3 Å². The summed E-state index contributed by atoms with van der Waals surface area (Å²) in [6.07, 6.45) is 0.260. The van der Waals surface area contributed by atoms with Crippen molar-refractivity contribution in [2.24, 2.45) is 0 Å². The summed E-state index contributed by atoms with van der Waals surface area (Å²) in [5.41, 5.74) is -0.419. The predicted molar refractivity (Wildman–Crippen MR) is 83.6 cm³/mol. The molecule has 1 aromatic carbocycles. The van der Waals surface area contributed by atoms with Crippen molar-refractivity contribution in [3.63, 3.8) is 0 Å². The Hall–Kier alpha value is -1.17. The summed E-state index contributed by atoms with van der Waals surface area (Å²) in [6.45, 7) is 8.85. The molecule has 0 radical (unpaired) electrons. The number of halogens is 1. The zero-order valence-electron chi connectivity index (χ0n) is 13.7. The molecule has 5 heteroatoms. The van der Waals surface area contributed by atoms with Gasteiger partial charge in [0.05, 0.1) is 11.2 Å². The highest BCUT2D eigenvalue weighted by Gasteiger charge is 2.45. The fraction of sp³-hybridized carbons (Fsp3) is 0.647. The van der Waals surface area contributed by atoms with Crippen LogP contribution in [-0.2, 0) is 4.74 Å². The molecule has 1 aliphatic rings. The number of nitrogens with one attached hydrogen (secondary N) is 1. The van der Waals surface area contributed by atoms with Crippen molar-refractivity contribution >= 4 is 0 Å². The Morgan fingerprint density at radius 2 is 1.95 bits per heavy atom. The van der Waals surface area contributed by atoms with Crippen molar-refractivity contribution < 1.29 is 19.0 Å². The molecule has 0 saturated carbocycles. The molecular weight excluding hydrogens is 285 g/mol. The zero-order valence-corrected chi connectivity index (χ0v) is 13.7. The fourth-order valence-electron chi connectivity index (χ4n) is 2.94. The lowest BCUT2D eigenvalue weighted by atomic mass is 9.94. The Balaban J connectivity index is 1.76. The second-order valence-electron chi connectivity index (χ2n) is 7.05. The molecule has 0 spiro atoms. The Morgan fingerprint density at radius 3 is 2.50 bits per heavy atom. The van der Waals surface area contributed by atoms with Crippen LogP contribution < -0.4 is 10.1 Å². The molecule has 0 aromatic heterocycles. The van der Waals surface area contributed by atoms with E-state index in [1.54, 1.807) is 12.1 Å². The molecule has 2 unspecified atom stereocenters. The SMILES string of the molecule is CC1(C)CC(NCC(O)COc2ccc(F)cc2)C(C)(C)O1. The van der Waals surface area contributed by atoms with Crippen LogP contribution in [0.15, 0.2) is 24.3 Å². The van der Waals surface area contributed by atoms with E-state index < -0.39 is 6.10 Å². The van der Waals surface area contributed by atoms with Crippen LogP contribution in [0.25, 0.3) is 0 Å². The van der Waals surface area contributed by atoms with Crippen LogP contribution >= 0.6 is 0 Å². The number of aliphatic hydroxyl groups excluding tert-OH is 1. The van der Waals surface area contributed by atoms with Crippen molar-refractivity contribution in [2.45, 2.75) is 57.5 Å². The van der Waals surface area contributed by atoms with Gasteiger partial charge in [-0.05, 0) is 58.4 Å². The molecule has 2 rings (SSSR count). The normalized spacial score (nSPS) is 24.2. The van der Waals surface area contributed by atoms with E-state index in [4.69, 9.17) is 9.47 Å². The maximum absolute atomic E-state index is 12.8. The van der Waals surface area contributed by atoms with Gasteiger partial charge in [0.2, 0.25) is 0 Å². The Labute approximate surface area is 131 Å². The van der Waals surface area contributed by atoms with Crippen LogP contribution in [0.2, 0.25) is 0 Å². The van der Waals surface area contributed by atoms with E-state index in [9.17, 15) is 9.50 Å². The van der Waals surface area contributed by atoms with Gasteiger partial charge in [0.15, 0.2) is 0 Å². The molecule has 124 valence electrons. The number of rotatable bonds is 6. The van der Waals surface area contributed by atoms with Gasteiger partial charge in [0.25, 0.3) is 0 Å². The van der Waals surface area contributed by atoms with Gasteiger partial charge in [-0.25, -0.2) is 4.39 Å². The first-order valence-electron chi connectivity index (χ1n) is 7.68. The minimum absolute atomic E-state index is 0.156. The Bertz CT molecular complexity index is 487. The largest absolute Gasteiger partial charge is 0.491 e. The molecule has 4 nitrogen and oxygen atoms in total. The molecule has 1 aromatic rings. The lowest BCUT2D eigenvalue weighted by molar-refractivity contribution is -0.0703. The highest BCUT2D eigenvalue weighted by Crippen LogP contribution is 2.37. The molecular formula is C17H26FNO3. The van der Waals surface area contributed by atoms with Gasteiger partial charge in [-0.2, -0.15) is 0 Å². The second kappa shape index (κ2) is 6.52. The maximum atomic E-state index is 12.8. The van der Waals surface area contributed by atoms with Gasteiger partial charge in [0.1, 0.15) is 24.3 Å².